The van der Waals surface area contributed by atoms with E-state index in [1.165, 1.54) is 6.07 Å². The summed E-state index contributed by atoms with van der Waals surface area (Å²) in [4.78, 5) is 1.90. The summed E-state index contributed by atoms with van der Waals surface area (Å²) >= 11 is 0. The van der Waals surface area contributed by atoms with Crippen molar-refractivity contribution in [3.05, 3.63) is 29.6 Å². The van der Waals surface area contributed by atoms with Crippen molar-refractivity contribution in [2.75, 3.05) is 11.4 Å². The Hall–Kier alpha value is -1.60. The van der Waals surface area contributed by atoms with Crippen molar-refractivity contribution in [2.45, 2.75) is 39.3 Å². The Kier molecular flexibility index (Phi) is 5.11. The van der Waals surface area contributed by atoms with E-state index in [0.717, 1.165) is 5.56 Å². The molecule has 0 radical (unpaired) electrons. The molecule has 0 heterocycles. The van der Waals surface area contributed by atoms with Gasteiger partial charge in [-0.3, -0.25) is 0 Å². The van der Waals surface area contributed by atoms with Crippen molar-refractivity contribution >= 4 is 5.69 Å². The second-order valence-corrected chi connectivity index (χ2v) is 4.66. The zero-order valence-electron chi connectivity index (χ0n) is 11.2. The molecule has 0 bridgehead atoms. The highest BCUT2D eigenvalue weighted by Crippen LogP contribution is 2.29. The minimum absolute atomic E-state index is 0.118. The molecule has 0 saturated heterocycles. The highest BCUT2D eigenvalue weighted by atomic mass is 19.1. The number of nitriles is 1. The lowest BCUT2D eigenvalue weighted by Crippen LogP contribution is -2.34. The minimum Gasteiger partial charge on any atom is -0.365 e. The van der Waals surface area contributed by atoms with Crippen LogP contribution in [0, 0.1) is 17.1 Å². The molecule has 0 amide bonds. The van der Waals surface area contributed by atoms with Crippen LogP contribution in [-0.4, -0.2) is 12.6 Å². The fourth-order valence-electron chi connectivity index (χ4n) is 2.00. The minimum atomic E-state index is -0.281. The number of para-hydroxylation sites is 1. The van der Waals surface area contributed by atoms with Crippen molar-refractivity contribution in [3.8, 4) is 6.07 Å². The van der Waals surface area contributed by atoms with Gasteiger partial charge in [0, 0.05) is 18.6 Å². The molecule has 4 heteroatoms. The quantitative estimate of drug-likeness (QED) is 0.872. The molecule has 1 aromatic carbocycles. The lowest BCUT2D eigenvalue weighted by atomic mass is 10.0. The van der Waals surface area contributed by atoms with Gasteiger partial charge in [-0.2, -0.15) is 5.26 Å². The van der Waals surface area contributed by atoms with Gasteiger partial charge in [0.1, 0.15) is 5.82 Å². The molecule has 0 aliphatic carbocycles. The lowest BCUT2D eigenvalue weighted by Gasteiger charge is -2.31. The highest BCUT2D eigenvalue weighted by Gasteiger charge is 2.19. The number of hydrogen-bond acceptors (Lipinski definition) is 3. The Labute approximate surface area is 108 Å². The van der Waals surface area contributed by atoms with Gasteiger partial charge >= 0.3 is 0 Å². The summed E-state index contributed by atoms with van der Waals surface area (Å²) < 4.78 is 14.1. The van der Waals surface area contributed by atoms with Gasteiger partial charge in [0.15, 0.2) is 0 Å². The fraction of sp³-hybridized carbons (Fsp3) is 0.500. The summed E-state index contributed by atoms with van der Waals surface area (Å²) in [5.41, 5.74) is 7.20. The zero-order chi connectivity index (χ0) is 13.7. The number of halogens is 1. The van der Waals surface area contributed by atoms with Crippen molar-refractivity contribution in [1.29, 1.82) is 5.26 Å². The van der Waals surface area contributed by atoms with Crippen LogP contribution in [-0.2, 0) is 0 Å². The van der Waals surface area contributed by atoms with Gasteiger partial charge in [0.25, 0.3) is 0 Å². The first-order chi connectivity index (χ1) is 8.49. The molecular formula is C14H20FN3. The molecule has 18 heavy (non-hydrogen) atoms. The number of rotatable bonds is 5. The van der Waals surface area contributed by atoms with Crippen LogP contribution < -0.4 is 10.6 Å². The Morgan fingerprint density at radius 2 is 2.06 bits per heavy atom. The molecule has 0 saturated carbocycles. The Balaban J connectivity index is 3.22. The SMILES string of the molecule is CC(N)c1cccc(F)c1N(CCC#N)C(C)C. The number of nitrogens with zero attached hydrogens (tertiary/aromatic N) is 2. The molecule has 1 aromatic rings. The summed E-state index contributed by atoms with van der Waals surface area (Å²) in [5, 5.41) is 8.70. The maximum absolute atomic E-state index is 14.1. The molecule has 1 rings (SSSR count). The normalized spacial score (nSPS) is 12.3. The topological polar surface area (TPSA) is 53.0 Å². The smallest absolute Gasteiger partial charge is 0.146 e. The van der Waals surface area contributed by atoms with E-state index in [1.54, 1.807) is 6.07 Å². The molecule has 0 aliphatic rings. The van der Waals surface area contributed by atoms with E-state index in [9.17, 15) is 4.39 Å². The molecule has 1 unspecified atom stereocenters. The van der Waals surface area contributed by atoms with E-state index in [-0.39, 0.29) is 17.9 Å². The second-order valence-electron chi connectivity index (χ2n) is 4.66. The van der Waals surface area contributed by atoms with Crippen molar-refractivity contribution in [1.82, 2.24) is 0 Å². The fourth-order valence-corrected chi connectivity index (χ4v) is 2.00. The van der Waals surface area contributed by atoms with E-state index in [1.807, 2.05) is 31.7 Å². The van der Waals surface area contributed by atoms with E-state index in [0.29, 0.717) is 18.7 Å². The Bertz CT molecular complexity index is 435. The first kappa shape index (κ1) is 14.5. The molecule has 2 N–H and O–H groups in total. The summed E-state index contributed by atoms with van der Waals surface area (Å²) in [5.74, 6) is -0.281. The van der Waals surface area contributed by atoms with Crippen LogP contribution in [0.15, 0.2) is 18.2 Å². The third-order valence-corrected chi connectivity index (χ3v) is 2.88. The van der Waals surface area contributed by atoms with Gasteiger partial charge in [0.05, 0.1) is 18.2 Å². The summed E-state index contributed by atoms with van der Waals surface area (Å²) in [6, 6.07) is 6.92. The summed E-state index contributed by atoms with van der Waals surface area (Å²) in [6.45, 7) is 6.31. The molecule has 3 nitrogen and oxygen atoms in total. The van der Waals surface area contributed by atoms with Gasteiger partial charge in [-0.25, -0.2) is 4.39 Å². The Morgan fingerprint density at radius 3 is 2.56 bits per heavy atom. The number of anilines is 1. The van der Waals surface area contributed by atoms with Gasteiger partial charge < -0.3 is 10.6 Å². The predicted molar refractivity (Wildman–Crippen MR) is 71.7 cm³/mol. The summed E-state index contributed by atoms with van der Waals surface area (Å²) in [7, 11) is 0. The second kappa shape index (κ2) is 6.36. The largest absolute Gasteiger partial charge is 0.365 e. The van der Waals surface area contributed by atoms with Crippen LogP contribution in [0.25, 0.3) is 0 Å². The van der Waals surface area contributed by atoms with Crippen molar-refractivity contribution in [3.63, 3.8) is 0 Å². The van der Waals surface area contributed by atoms with Crippen LogP contribution in [0.1, 0.15) is 38.8 Å². The van der Waals surface area contributed by atoms with E-state index >= 15 is 0 Å². The monoisotopic (exact) mass is 249 g/mol. The van der Waals surface area contributed by atoms with Gasteiger partial charge in [-0.1, -0.05) is 12.1 Å². The van der Waals surface area contributed by atoms with Crippen LogP contribution in [0.2, 0.25) is 0 Å². The highest BCUT2D eigenvalue weighted by molar-refractivity contribution is 5.56. The summed E-state index contributed by atoms with van der Waals surface area (Å²) in [6.07, 6.45) is 0.366. The van der Waals surface area contributed by atoms with E-state index in [4.69, 9.17) is 11.0 Å². The van der Waals surface area contributed by atoms with E-state index < -0.39 is 0 Å². The van der Waals surface area contributed by atoms with Crippen LogP contribution in [0.5, 0.6) is 0 Å². The Morgan fingerprint density at radius 1 is 1.39 bits per heavy atom. The number of nitrogens with two attached hydrogens (primary N) is 1. The van der Waals surface area contributed by atoms with Crippen molar-refractivity contribution < 1.29 is 4.39 Å². The van der Waals surface area contributed by atoms with Gasteiger partial charge in [-0.15, -0.1) is 0 Å². The van der Waals surface area contributed by atoms with Crippen LogP contribution >= 0.6 is 0 Å². The van der Waals surface area contributed by atoms with Gasteiger partial charge in [-0.05, 0) is 32.4 Å². The molecule has 0 fully saturated rings. The molecule has 0 aliphatic heterocycles. The average Bonchev–Trinajstić information content (AvgIpc) is 2.30. The van der Waals surface area contributed by atoms with Crippen molar-refractivity contribution in [2.24, 2.45) is 5.73 Å². The molecule has 0 spiro atoms. The lowest BCUT2D eigenvalue weighted by molar-refractivity contribution is 0.593. The van der Waals surface area contributed by atoms with Crippen LogP contribution in [0.4, 0.5) is 10.1 Å². The maximum Gasteiger partial charge on any atom is 0.146 e. The third-order valence-electron chi connectivity index (χ3n) is 2.88. The standard InChI is InChI=1S/C14H20FN3/c1-10(2)18(9-5-8-16)14-12(11(3)17)6-4-7-13(14)15/h4,6-7,10-11H,5,9,17H2,1-3H3. The maximum atomic E-state index is 14.1. The predicted octanol–water partition coefficient (Wildman–Crippen LogP) is 2.97. The molecule has 0 aromatic heterocycles. The first-order valence-electron chi connectivity index (χ1n) is 6.16. The number of hydrogen-bond donors (Lipinski definition) is 1. The molecular weight excluding hydrogens is 229 g/mol. The zero-order valence-corrected chi connectivity index (χ0v) is 11.2. The van der Waals surface area contributed by atoms with Gasteiger partial charge in [0.2, 0.25) is 0 Å². The number of benzene rings is 1. The van der Waals surface area contributed by atoms with Crippen LogP contribution in [0.3, 0.4) is 0 Å². The molecule has 98 valence electrons. The third kappa shape index (κ3) is 3.21. The van der Waals surface area contributed by atoms with E-state index in [2.05, 4.69) is 6.07 Å². The first-order valence-corrected chi connectivity index (χ1v) is 6.16. The average molecular weight is 249 g/mol. The molecule has 1 atom stereocenters.